The monoisotopic (exact) mass is 211 g/mol. The van der Waals surface area contributed by atoms with E-state index >= 15 is 0 Å². The molecule has 0 atom stereocenters. The Kier molecular flexibility index (Phi) is 3.44. The molecule has 0 saturated heterocycles. The van der Waals surface area contributed by atoms with Gasteiger partial charge in [0.1, 0.15) is 0 Å². The summed E-state index contributed by atoms with van der Waals surface area (Å²) in [7, 11) is 0. The lowest BCUT2D eigenvalue weighted by atomic mass is 10.0. The maximum absolute atomic E-state index is 11.8. The lowest BCUT2D eigenvalue weighted by molar-refractivity contribution is 0.0983. The number of ketones is 1. The molecule has 16 heavy (non-hydrogen) atoms. The third-order valence-electron chi connectivity index (χ3n) is 2.49. The minimum absolute atomic E-state index is 0.192. The van der Waals surface area contributed by atoms with Gasteiger partial charge in [-0.2, -0.15) is 0 Å². The van der Waals surface area contributed by atoms with E-state index < -0.39 is 0 Å². The van der Waals surface area contributed by atoms with E-state index in [0.29, 0.717) is 6.42 Å². The fourth-order valence-electron chi connectivity index (χ4n) is 1.58. The van der Waals surface area contributed by atoms with E-state index in [1.807, 2.05) is 42.5 Å². The predicted molar refractivity (Wildman–Crippen MR) is 63.3 cm³/mol. The number of aryl methyl sites for hydroxylation is 1. The van der Waals surface area contributed by atoms with Crippen molar-refractivity contribution in [2.75, 3.05) is 0 Å². The summed E-state index contributed by atoms with van der Waals surface area (Å²) in [6.45, 7) is 0. The number of hydrogen-bond acceptors (Lipinski definition) is 2. The van der Waals surface area contributed by atoms with Crippen molar-refractivity contribution in [3.8, 4) is 0 Å². The van der Waals surface area contributed by atoms with Crippen LogP contribution in [0.5, 0.6) is 0 Å². The Balaban J connectivity index is 1.95. The Morgan fingerprint density at radius 1 is 1.00 bits per heavy atom. The molecule has 0 bridgehead atoms. The molecule has 0 fully saturated rings. The van der Waals surface area contributed by atoms with Crippen LogP contribution in [0.1, 0.15) is 22.3 Å². The van der Waals surface area contributed by atoms with Crippen molar-refractivity contribution in [3.05, 3.63) is 66.0 Å². The molecule has 0 aliphatic carbocycles. The number of Topliss-reactive ketones (excluding diaryl/α,β-unsaturated/α-hetero) is 1. The molecule has 1 aromatic carbocycles. The zero-order valence-corrected chi connectivity index (χ0v) is 8.97. The van der Waals surface area contributed by atoms with Crippen LogP contribution in [0.3, 0.4) is 0 Å². The highest BCUT2D eigenvalue weighted by molar-refractivity contribution is 5.96. The van der Waals surface area contributed by atoms with Crippen molar-refractivity contribution in [2.45, 2.75) is 12.8 Å². The number of rotatable bonds is 4. The van der Waals surface area contributed by atoms with Gasteiger partial charge in [0.05, 0.1) is 0 Å². The molecule has 2 heteroatoms. The molecular weight excluding hydrogens is 198 g/mol. The van der Waals surface area contributed by atoms with Gasteiger partial charge in [-0.05, 0) is 24.1 Å². The van der Waals surface area contributed by atoms with Gasteiger partial charge in [0, 0.05) is 24.4 Å². The maximum atomic E-state index is 11.8. The van der Waals surface area contributed by atoms with Crippen LogP contribution in [0.15, 0.2) is 54.9 Å². The van der Waals surface area contributed by atoms with Crippen molar-refractivity contribution in [2.24, 2.45) is 0 Å². The second-order valence-corrected chi connectivity index (χ2v) is 3.64. The van der Waals surface area contributed by atoms with E-state index in [1.54, 1.807) is 12.4 Å². The molecule has 0 aliphatic heterocycles. The number of hydrogen-bond donors (Lipinski definition) is 0. The molecule has 2 rings (SSSR count). The van der Waals surface area contributed by atoms with Gasteiger partial charge in [0.2, 0.25) is 0 Å². The first-order valence-electron chi connectivity index (χ1n) is 5.33. The normalized spacial score (nSPS) is 10.0. The van der Waals surface area contributed by atoms with Gasteiger partial charge in [-0.15, -0.1) is 0 Å². The van der Waals surface area contributed by atoms with E-state index in [-0.39, 0.29) is 5.78 Å². The molecule has 2 nitrogen and oxygen atoms in total. The molecule has 0 amide bonds. The second kappa shape index (κ2) is 5.21. The number of carbonyl (C=O) groups excluding carboxylic acids is 1. The largest absolute Gasteiger partial charge is 0.294 e. The number of benzene rings is 1. The van der Waals surface area contributed by atoms with Gasteiger partial charge in [-0.25, -0.2) is 0 Å². The van der Waals surface area contributed by atoms with Crippen LogP contribution in [-0.4, -0.2) is 10.8 Å². The zero-order chi connectivity index (χ0) is 11.2. The number of aromatic nitrogens is 1. The van der Waals surface area contributed by atoms with E-state index in [2.05, 4.69) is 4.98 Å². The molecule has 80 valence electrons. The fourth-order valence-corrected chi connectivity index (χ4v) is 1.58. The van der Waals surface area contributed by atoms with E-state index in [0.717, 1.165) is 17.5 Å². The summed E-state index contributed by atoms with van der Waals surface area (Å²) in [5, 5.41) is 0. The topological polar surface area (TPSA) is 30.0 Å². The van der Waals surface area contributed by atoms with Crippen LogP contribution in [0.2, 0.25) is 0 Å². The Bertz CT molecular complexity index is 451. The van der Waals surface area contributed by atoms with E-state index in [9.17, 15) is 4.79 Å². The smallest absolute Gasteiger partial charge is 0.163 e. The molecule has 1 aromatic heterocycles. The Hall–Kier alpha value is -1.96. The fraction of sp³-hybridized carbons (Fsp3) is 0.143. The van der Waals surface area contributed by atoms with Crippen LogP contribution >= 0.6 is 0 Å². The Morgan fingerprint density at radius 2 is 1.69 bits per heavy atom. The summed E-state index contributed by atoms with van der Waals surface area (Å²) >= 11 is 0. The van der Waals surface area contributed by atoms with Gasteiger partial charge in [-0.1, -0.05) is 30.3 Å². The van der Waals surface area contributed by atoms with Gasteiger partial charge >= 0.3 is 0 Å². The highest BCUT2D eigenvalue weighted by Gasteiger charge is 2.04. The first-order chi connectivity index (χ1) is 7.86. The summed E-state index contributed by atoms with van der Waals surface area (Å²) in [6, 6.07) is 13.3. The summed E-state index contributed by atoms with van der Waals surface area (Å²) in [5.41, 5.74) is 1.94. The lowest BCUT2D eigenvalue weighted by Gasteiger charge is -2.01. The Labute approximate surface area is 95.0 Å². The van der Waals surface area contributed by atoms with Crippen molar-refractivity contribution in [1.29, 1.82) is 0 Å². The molecule has 0 saturated carbocycles. The summed E-state index contributed by atoms with van der Waals surface area (Å²) in [5.74, 6) is 0.192. The number of carbonyl (C=O) groups is 1. The SMILES string of the molecule is O=C(CCc1ccncc1)c1ccccc1. The Morgan fingerprint density at radius 3 is 2.38 bits per heavy atom. The molecule has 1 heterocycles. The van der Waals surface area contributed by atoms with Gasteiger partial charge in [0.15, 0.2) is 5.78 Å². The number of nitrogens with zero attached hydrogens (tertiary/aromatic N) is 1. The molecule has 0 spiro atoms. The number of pyridine rings is 1. The predicted octanol–water partition coefficient (Wildman–Crippen LogP) is 2.90. The second-order valence-electron chi connectivity index (χ2n) is 3.64. The summed E-state index contributed by atoms with van der Waals surface area (Å²) in [4.78, 5) is 15.7. The third-order valence-corrected chi connectivity index (χ3v) is 2.49. The third kappa shape index (κ3) is 2.76. The highest BCUT2D eigenvalue weighted by Crippen LogP contribution is 2.07. The van der Waals surface area contributed by atoms with Gasteiger partial charge in [0.25, 0.3) is 0 Å². The van der Waals surface area contributed by atoms with E-state index in [1.165, 1.54) is 0 Å². The quantitative estimate of drug-likeness (QED) is 0.728. The van der Waals surface area contributed by atoms with Crippen LogP contribution in [0.25, 0.3) is 0 Å². The minimum atomic E-state index is 0.192. The maximum Gasteiger partial charge on any atom is 0.163 e. The van der Waals surface area contributed by atoms with Gasteiger partial charge in [-0.3, -0.25) is 9.78 Å². The average molecular weight is 211 g/mol. The first-order valence-corrected chi connectivity index (χ1v) is 5.33. The lowest BCUT2D eigenvalue weighted by Crippen LogP contribution is -2.00. The van der Waals surface area contributed by atoms with Crippen molar-refractivity contribution >= 4 is 5.78 Å². The van der Waals surface area contributed by atoms with Crippen LogP contribution in [-0.2, 0) is 6.42 Å². The van der Waals surface area contributed by atoms with Crippen molar-refractivity contribution < 1.29 is 4.79 Å². The molecule has 0 aliphatic rings. The first kappa shape index (κ1) is 10.6. The molecular formula is C14H13NO. The summed E-state index contributed by atoms with van der Waals surface area (Å²) < 4.78 is 0. The average Bonchev–Trinajstić information content (AvgIpc) is 2.38. The van der Waals surface area contributed by atoms with Crippen molar-refractivity contribution in [1.82, 2.24) is 4.98 Å². The highest BCUT2D eigenvalue weighted by atomic mass is 16.1. The standard InChI is InChI=1S/C14H13NO/c16-14(13-4-2-1-3-5-13)7-6-12-8-10-15-11-9-12/h1-5,8-11H,6-7H2. The molecule has 2 aromatic rings. The molecule has 0 N–H and O–H groups in total. The molecule has 0 radical (unpaired) electrons. The van der Waals surface area contributed by atoms with Crippen molar-refractivity contribution in [3.63, 3.8) is 0 Å². The summed E-state index contributed by atoms with van der Waals surface area (Å²) in [6.07, 6.45) is 4.83. The zero-order valence-electron chi connectivity index (χ0n) is 8.97. The molecule has 0 unspecified atom stereocenters. The van der Waals surface area contributed by atoms with E-state index in [4.69, 9.17) is 0 Å². The van der Waals surface area contributed by atoms with Gasteiger partial charge < -0.3 is 0 Å². The van der Waals surface area contributed by atoms with Crippen LogP contribution < -0.4 is 0 Å². The van der Waals surface area contributed by atoms with Crippen LogP contribution in [0, 0.1) is 0 Å². The minimum Gasteiger partial charge on any atom is -0.294 e. The van der Waals surface area contributed by atoms with Crippen LogP contribution in [0.4, 0.5) is 0 Å².